The molecule has 0 saturated carbocycles. The van der Waals surface area contributed by atoms with Crippen LogP contribution in [-0.2, 0) is 4.74 Å². The second-order valence-corrected chi connectivity index (χ2v) is 7.35. The molecule has 0 aromatic heterocycles. The van der Waals surface area contributed by atoms with Gasteiger partial charge in [-0.3, -0.25) is 0 Å². The van der Waals surface area contributed by atoms with Crippen LogP contribution in [0.3, 0.4) is 0 Å². The van der Waals surface area contributed by atoms with Crippen LogP contribution in [0.25, 0.3) is 0 Å². The zero-order valence-corrected chi connectivity index (χ0v) is 17.2. The Labute approximate surface area is 176 Å². The highest BCUT2D eigenvalue weighted by Crippen LogP contribution is 2.33. The standard InChI is InChI=1S/C23H27NO6/c1-16(18-6-4-3-5-7-18)30-20-9-8-19(22(25)28-2)14-21(20)29-15-17-10-12-24(13-11-17)23(26)27/h3-9,14,16-17H,10-13,15H2,1-2H3,(H,26,27). The van der Waals surface area contributed by atoms with E-state index in [0.717, 1.165) is 18.4 Å². The number of amides is 1. The summed E-state index contributed by atoms with van der Waals surface area (Å²) < 4.78 is 17.0. The Morgan fingerprint density at radius 3 is 2.43 bits per heavy atom. The molecule has 1 atom stereocenters. The van der Waals surface area contributed by atoms with Gasteiger partial charge in [-0.1, -0.05) is 30.3 Å². The minimum atomic E-state index is -0.884. The molecule has 7 nitrogen and oxygen atoms in total. The first-order chi connectivity index (χ1) is 14.5. The van der Waals surface area contributed by atoms with Gasteiger partial charge < -0.3 is 24.2 Å². The molecule has 1 N–H and O–H groups in total. The molecule has 1 unspecified atom stereocenters. The molecule has 7 heteroatoms. The number of benzene rings is 2. The lowest BCUT2D eigenvalue weighted by atomic mass is 9.98. The molecular weight excluding hydrogens is 386 g/mol. The van der Waals surface area contributed by atoms with Crippen LogP contribution in [0.2, 0.25) is 0 Å². The number of ether oxygens (including phenoxy) is 3. The van der Waals surface area contributed by atoms with Gasteiger partial charge in [0.1, 0.15) is 6.10 Å². The van der Waals surface area contributed by atoms with Crippen molar-refractivity contribution in [1.29, 1.82) is 0 Å². The quantitative estimate of drug-likeness (QED) is 0.678. The van der Waals surface area contributed by atoms with Crippen molar-refractivity contribution in [2.45, 2.75) is 25.9 Å². The third-order valence-corrected chi connectivity index (χ3v) is 5.30. The van der Waals surface area contributed by atoms with Crippen molar-refractivity contribution in [2.75, 3.05) is 26.8 Å². The number of carbonyl (C=O) groups excluding carboxylic acids is 1. The molecule has 0 bridgehead atoms. The molecule has 0 spiro atoms. The summed E-state index contributed by atoms with van der Waals surface area (Å²) in [4.78, 5) is 24.4. The SMILES string of the molecule is COC(=O)c1ccc(OC(C)c2ccccc2)c(OCC2CCN(C(=O)O)CC2)c1. The van der Waals surface area contributed by atoms with Crippen LogP contribution < -0.4 is 9.47 Å². The molecule has 1 aliphatic heterocycles. The Morgan fingerprint density at radius 1 is 1.10 bits per heavy atom. The van der Waals surface area contributed by atoms with E-state index >= 15 is 0 Å². The van der Waals surface area contributed by atoms with Gasteiger partial charge in [0, 0.05) is 13.1 Å². The van der Waals surface area contributed by atoms with Crippen molar-refractivity contribution in [3.8, 4) is 11.5 Å². The van der Waals surface area contributed by atoms with Gasteiger partial charge in [0.25, 0.3) is 0 Å². The summed E-state index contributed by atoms with van der Waals surface area (Å²) in [6.07, 6.45) is 0.390. The normalized spacial score (nSPS) is 15.3. The van der Waals surface area contributed by atoms with Crippen LogP contribution in [0.1, 0.15) is 41.8 Å². The van der Waals surface area contributed by atoms with Gasteiger partial charge in [-0.2, -0.15) is 0 Å². The van der Waals surface area contributed by atoms with Gasteiger partial charge in [-0.15, -0.1) is 0 Å². The average Bonchev–Trinajstić information content (AvgIpc) is 2.78. The van der Waals surface area contributed by atoms with E-state index in [1.807, 2.05) is 37.3 Å². The molecule has 3 rings (SSSR count). The predicted octanol–water partition coefficient (Wildman–Crippen LogP) is 4.38. The van der Waals surface area contributed by atoms with Crippen molar-refractivity contribution < 1.29 is 28.9 Å². The first-order valence-corrected chi connectivity index (χ1v) is 10.0. The molecule has 1 amide bonds. The third kappa shape index (κ3) is 5.43. The zero-order valence-electron chi connectivity index (χ0n) is 17.2. The Hall–Kier alpha value is -3.22. The van der Waals surface area contributed by atoms with Crippen molar-refractivity contribution in [3.63, 3.8) is 0 Å². The van der Waals surface area contributed by atoms with Crippen molar-refractivity contribution in [1.82, 2.24) is 4.90 Å². The molecule has 2 aromatic rings. The monoisotopic (exact) mass is 413 g/mol. The maximum atomic E-state index is 11.9. The summed E-state index contributed by atoms with van der Waals surface area (Å²) in [5.74, 6) is 0.808. The molecular formula is C23H27NO6. The van der Waals surface area contributed by atoms with Crippen molar-refractivity contribution >= 4 is 12.1 Å². The van der Waals surface area contributed by atoms with Gasteiger partial charge in [0.2, 0.25) is 0 Å². The van der Waals surface area contributed by atoms with Crippen LogP contribution >= 0.6 is 0 Å². The topological polar surface area (TPSA) is 85.3 Å². The Kier molecular flexibility index (Phi) is 7.17. The number of likely N-dealkylation sites (tertiary alicyclic amines) is 1. The highest BCUT2D eigenvalue weighted by molar-refractivity contribution is 5.90. The molecule has 1 aliphatic rings. The number of esters is 1. The first-order valence-electron chi connectivity index (χ1n) is 10.0. The van der Waals surface area contributed by atoms with Crippen LogP contribution in [0.15, 0.2) is 48.5 Å². The third-order valence-electron chi connectivity index (χ3n) is 5.30. The van der Waals surface area contributed by atoms with E-state index in [4.69, 9.17) is 19.3 Å². The Bertz CT molecular complexity index is 861. The highest BCUT2D eigenvalue weighted by Gasteiger charge is 2.23. The number of carboxylic acid groups (broad SMARTS) is 1. The van der Waals surface area contributed by atoms with E-state index in [2.05, 4.69) is 0 Å². The lowest BCUT2D eigenvalue weighted by Crippen LogP contribution is -2.38. The van der Waals surface area contributed by atoms with Crippen LogP contribution in [-0.4, -0.2) is 48.9 Å². The number of carbonyl (C=O) groups is 2. The Balaban J connectivity index is 1.71. The van der Waals surface area contributed by atoms with Crippen LogP contribution in [0, 0.1) is 5.92 Å². The second-order valence-electron chi connectivity index (χ2n) is 7.35. The van der Waals surface area contributed by atoms with Crippen molar-refractivity contribution in [2.24, 2.45) is 5.92 Å². The fourth-order valence-electron chi connectivity index (χ4n) is 3.44. The van der Waals surface area contributed by atoms with E-state index < -0.39 is 12.1 Å². The first kappa shape index (κ1) is 21.5. The number of piperidine rings is 1. The highest BCUT2D eigenvalue weighted by atomic mass is 16.5. The lowest BCUT2D eigenvalue weighted by Gasteiger charge is -2.30. The average molecular weight is 413 g/mol. The molecule has 160 valence electrons. The van der Waals surface area contributed by atoms with E-state index in [-0.39, 0.29) is 12.0 Å². The Morgan fingerprint density at radius 2 is 1.80 bits per heavy atom. The minimum Gasteiger partial charge on any atom is -0.489 e. The van der Waals surface area contributed by atoms with Crippen LogP contribution in [0.5, 0.6) is 11.5 Å². The summed E-state index contributed by atoms with van der Waals surface area (Å²) in [5.41, 5.74) is 1.41. The maximum Gasteiger partial charge on any atom is 0.407 e. The van der Waals surface area contributed by atoms with Crippen LogP contribution in [0.4, 0.5) is 4.79 Å². The fourth-order valence-corrected chi connectivity index (χ4v) is 3.44. The van der Waals surface area contributed by atoms with E-state index in [1.54, 1.807) is 18.2 Å². The lowest BCUT2D eigenvalue weighted by molar-refractivity contribution is 0.0600. The van der Waals surface area contributed by atoms with E-state index in [1.165, 1.54) is 12.0 Å². The second kappa shape index (κ2) is 10.0. The smallest absolute Gasteiger partial charge is 0.407 e. The molecule has 2 aromatic carbocycles. The number of rotatable bonds is 7. The number of methoxy groups -OCH3 is 1. The van der Waals surface area contributed by atoms with Crippen molar-refractivity contribution in [3.05, 3.63) is 59.7 Å². The van der Waals surface area contributed by atoms with E-state index in [9.17, 15) is 9.59 Å². The summed E-state index contributed by atoms with van der Waals surface area (Å²) in [7, 11) is 1.33. The minimum absolute atomic E-state index is 0.198. The predicted molar refractivity (Wildman–Crippen MR) is 111 cm³/mol. The molecule has 1 fully saturated rings. The number of nitrogens with zero attached hydrogens (tertiary/aromatic N) is 1. The summed E-state index contributed by atoms with van der Waals surface area (Å²) in [6, 6.07) is 14.8. The molecule has 1 saturated heterocycles. The van der Waals surface area contributed by atoms with Gasteiger partial charge in [-0.05, 0) is 49.4 Å². The molecule has 0 aliphatic carbocycles. The van der Waals surface area contributed by atoms with E-state index in [0.29, 0.717) is 36.8 Å². The zero-order chi connectivity index (χ0) is 21.5. The van der Waals surface area contributed by atoms with Gasteiger partial charge in [0.05, 0.1) is 19.3 Å². The summed E-state index contributed by atoms with van der Waals surface area (Å²) >= 11 is 0. The molecule has 1 heterocycles. The number of hydrogen-bond donors (Lipinski definition) is 1. The molecule has 0 radical (unpaired) electrons. The largest absolute Gasteiger partial charge is 0.489 e. The summed E-state index contributed by atoms with van der Waals surface area (Å²) in [6.45, 7) is 3.38. The fraction of sp³-hybridized carbons (Fsp3) is 0.391. The van der Waals surface area contributed by atoms with Gasteiger partial charge in [-0.25, -0.2) is 9.59 Å². The summed E-state index contributed by atoms with van der Waals surface area (Å²) in [5, 5.41) is 9.09. The van der Waals surface area contributed by atoms with Gasteiger partial charge >= 0.3 is 12.1 Å². The molecule has 30 heavy (non-hydrogen) atoms. The number of hydrogen-bond acceptors (Lipinski definition) is 5. The maximum absolute atomic E-state index is 11.9. The van der Waals surface area contributed by atoms with Gasteiger partial charge in [0.15, 0.2) is 11.5 Å².